The zero-order chi connectivity index (χ0) is 14.8. The predicted octanol–water partition coefficient (Wildman–Crippen LogP) is 3.96. The first-order chi connectivity index (χ1) is 10.2. The number of carbonyl (C=O) groups is 1. The Hall–Kier alpha value is -0.390. The fraction of sp³-hybridized carbons (Fsp3) is 0.562. The second kappa shape index (κ2) is 6.80. The maximum absolute atomic E-state index is 13.0. The van der Waals surface area contributed by atoms with Gasteiger partial charge >= 0.3 is 0 Å². The Morgan fingerprint density at radius 1 is 1.19 bits per heavy atom. The molecule has 0 radical (unpaired) electrons. The monoisotopic (exact) mass is 414 g/mol. The minimum atomic E-state index is 0.160. The predicted molar refractivity (Wildman–Crippen MR) is 91.5 cm³/mol. The molecule has 2 aliphatic heterocycles. The quantitative estimate of drug-likeness (QED) is 0.792. The van der Waals surface area contributed by atoms with Crippen LogP contribution in [0.3, 0.4) is 0 Å². The van der Waals surface area contributed by atoms with Gasteiger partial charge in [-0.1, -0.05) is 15.9 Å². The number of halogens is 2. The molecule has 1 aromatic rings. The number of nitrogens with one attached hydrogen (secondary N) is 1. The fourth-order valence-corrected chi connectivity index (χ4v) is 4.70. The molecule has 0 spiro atoms. The van der Waals surface area contributed by atoms with Gasteiger partial charge in [0, 0.05) is 27.6 Å². The van der Waals surface area contributed by atoms with Crippen molar-refractivity contribution in [2.75, 3.05) is 13.1 Å². The third kappa shape index (κ3) is 3.35. The number of piperidine rings is 1. The summed E-state index contributed by atoms with van der Waals surface area (Å²) in [6.07, 6.45) is 5.88. The van der Waals surface area contributed by atoms with Crippen LogP contribution in [0.25, 0.3) is 0 Å². The van der Waals surface area contributed by atoms with Crippen LogP contribution in [0.15, 0.2) is 27.1 Å². The highest BCUT2D eigenvalue weighted by atomic mass is 79.9. The summed E-state index contributed by atoms with van der Waals surface area (Å²) < 4.78 is 1.85. The Bertz CT molecular complexity index is 529. The van der Waals surface area contributed by atoms with Crippen molar-refractivity contribution < 1.29 is 4.79 Å². The molecule has 2 aliphatic rings. The van der Waals surface area contributed by atoms with Gasteiger partial charge in [-0.3, -0.25) is 4.79 Å². The summed E-state index contributed by atoms with van der Waals surface area (Å²) in [6.45, 7) is 1.97. The molecule has 5 heteroatoms. The van der Waals surface area contributed by atoms with Gasteiger partial charge in [-0.2, -0.15) is 0 Å². The van der Waals surface area contributed by atoms with Crippen molar-refractivity contribution in [2.45, 2.75) is 44.2 Å². The van der Waals surface area contributed by atoms with Gasteiger partial charge in [0.1, 0.15) is 0 Å². The van der Waals surface area contributed by atoms with Crippen LogP contribution in [0.4, 0.5) is 0 Å². The molecule has 21 heavy (non-hydrogen) atoms. The highest BCUT2D eigenvalue weighted by Gasteiger charge is 2.34. The second-order valence-corrected chi connectivity index (χ2v) is 7.66. The first-order valence-corrected chi connectivity index (χ1v) is 9.25. The number of hydrogen-bond donors (Lipinski definition) is 1. The molecule has 2 fully saturated rings. The number of benzene rings is 1. The number of rotatable bonds is 2. The van der Waals surface area contributed by atoms with Crippen molar-refractivity contribution >= 4 is 37.8 Å². The van der Waals surface area contributed by atoms with Crippen molar-refractivity contribution in [3.63, 3.8) is 0 Å². The first-order valence-electron chi connectivity index (χ1n) is 7.66. The van der Waals surface area contributed by atoms with E-state index in [2.05, 4.69) is 42.1 Å². The summed E-state index contributed by atoms with van der Waals surface area (Å²) in [5.74, 6) is 0.160. The van der Waals surface area contributed by atoms with E-state index in [9.17, 15) is 4.79 Å². The van der Waals surface area contributed by atoms with Crippen molar-refractivity contribution in [3.05, 3.63) is 32.7 Å². The second-order valence-electron chi connectivity index (χ2n) is 5.89. The van der Waals surface area contributed by atoms with Crippen LogP contribution in [0, 0.1) is 0 Å². The van der Waals surface area contributed by atoms with E-state index in [4.69, 9.17) is 0 Å². The fourth-order valence-electron chi connectivity index (χ4n) is 3.49. The number of carbonyl (C=O) groups excluding carboxylic acids is 1. The lowest BCUT2D eigenvalue weighted by molar-refractivity contribution is 0.0562. The summed E-state index contributed by atoms with van der Waals surface area (Å²) in [6, 6.07) is 6.61. The highest BCUT2D eigenvalue weighted by Crippen LogP contribution is 2.29. The molecule has 3 rings (SSSR count). The molecule has 0 bridgehead atoms. The van der Waals surface area contributed by atoms with E-state index in [1.54, 1.807) is 0 Å². The molecule has 2 unspecified atom stereocenters. The third-order valence-electron chi connectivity index (χ3n) is 4.53. The van der Waals surface area contributed by atoms with Gasteiger partial charge in [-0.05, 0) is 72.8 Å². The van der Waals surface area contributed by atoms with E-state index in [1.165, 1.54) is 19.3 Å². The molecule has 0 aromatic heterocycles. The molecular formula is C16H20Br2N2O. The van der Waals surface area contributed by atoms with E-state index in [1.807, 2.05) is 18.2 Å². The number of nitrogens with zero attached hydrogens (tertiary/aromatic N) is 1. The molecule has 2 saturated heterocycles. The zero-order valence-corrected chi connectivity index (χ0v) is 15.1. The molecular weight excluding hydrogens is 396 g/mol. The molecule has 1 aromatic carbocycles. The smallest absolute Gasteiger partial charge is 0.255 e. The summed E-state index contributed by atoms with van der Waals surface area (Å²) in [5.41, 5.74) is 0.767. The number of likely N-dealkylation sites (tertiary alicyclic amines) is 1. The average Bonchev–Trinajstić information content (AvgIpc) is 3.01. The Morgan fingerprint density at radius 2 is 2.05 bits per heavy atom. The third-order valence-corrected chi connectivity index (χ3v) is 5.68. The van der Waals surface area contributed by atoms with Crippen LogP contribution in [-0.4, -0.2) is 36.0 Å². The van der Waals surface area contributed by atoms with Gasteiger partial charge in [0.2, 0.25) is 0 Å². The lowest BCUT2D eigenvalue weighted by atomic mass is 9.93. The van der Waals surface area contributed by atoms with Gasteiger partial charge in [-0.25, -0.2) is 0 Å². The van der Waals surface area contributed by atoms with E-state index >= 15 is 0 Å². The first kappa shape index (κ1) is 15.5. The van der Waals surface area contributed by atoms with E-state index in [0.717, 1.165) is 40.4 Å². The Balaban J connectivity index is 1.83. The van der Waals surface area contributed by atoms with Crippen molar-refractivity contribution in [3.8, 4) is 0 Å². The van der Waals surface area contributed by atoms with Crippen molar-refractivity contribution in [1.82, 2.24) is 10.2 Å². The maximum atomic E-state index is 13.0. The lowest BCUT2D eigenvalue weighted by Crippen LogP contribution is -2.52. The molecule has 1 amide bonds. The molecule has 0 aliphatic carbocycles. The zero-order valence-electron chi connectivity index (χ0n) is 11.9. The van der Waals surface area contributed by atoms with Gasteiger partial charge in [0.25, 0.3) is 5.91 Å². The van der Waals surface area contributed by atoms with Crippen LogP contribution in [0.1, 0.15) is 42.5 Å². The van der Waals surface area contributed by atoms with Crippen molar-refractivity contribution in [1.29, 1.82) is 0 Å². The highest BCUT2D eigenvalue weighted by molar-refractivity contribution is 9.11. The van der Waals surface area contributed by atoms with E-state index < -0.39 is 0 Å². The number of amides is 1. The lowest BCUT2D eigenvalue weighted by Gasteiger charge is -2.39. The van der Waals surface area contributed by atoms with Gasteiger partial charge in [-0.15, -0.1) is 0 Å². The molecule has 114 valence electrons. The Kier molecular flexibility index (Phi) is 5.02. The molecule has 2 heterocycles. The minimum Gasteiger partial charge on any atom is -0.334 e. The maximum Gasteiger partial charge on any atom is 0.255 e. The Labute approximate surface area is 142 Å². The van der Waals surface area contributed by atoms with Crippen LogP contribution < -0.4 is 5.32 Å². The van der Waals surface area contributed by atoms with Crippen LogP contribution >= 0.6 is 31.9 Å². The van der Waals surface area contributed by atoms with Crippen LogP contribution in [0.2, 0.25) is 0 Å². The molecule has 2 atom stereocenters. The van der Waals surface area contributed by atoms with Crippen LogP contribution in [-0.2, 0) is 0 Å². The topological polar surface area (TPSA) is 32.3 Å². The molecule has 0 saturated carbocycles. The number of hydrogen-bond acceptors (Lipinski definition) is 2. The average molecular weight is 416 g/mol. The summed E-state index contributed by atoms with van der Waals surface area (Å²) in [7, 11) is 0. The summed E-state index contributed by atoms with van der Waals surface area (Å²) in [4.78, 5) is 15.0. The summed E-state index contributed by atoms with van der Waals surface area (Å²) in [5, 5.41) is 3.57. The van der Waals surface area contributed by atoms with Crippen molar-refractivity contribution in [2.24, 2.45) is 0 Å². The van der Waals surface area contributed by atoms with E-state index in [-0.39, 0.29) is 5.91 Å². The van der Waals surface area contributed by atoms with E-state index in [0.29, 0.717) is 12.1 Å². The molecule has 3 nitrogen and oxygen atoms in total. The summed E-state index contributed by atoms with van der Waals surface area (Å²) >= 11 is 6.97. The normalized spacial score (nSPS) is 26.1. The standard InChI is InChI=1S/C16H20Br2N2O/c17-11-6-7-12(13(18)10-11)16(21)20-9-2-1-5-15(20)14-4-3-8-19-14/h6-7,10,14-15,19H,1-5,8-9H2. The largest absolute Gasteiger partial charge is 0.334 e. The Morgan fingerprint density at radius 3 is 2.76 bits per heavy atom. The minimum absolute atomic E-state index is 0.160. The van der Waals surface area contributed by atoms with Gasteiger partial charge in [0.05, 0.1) is 5.56 Å². The van der Waals surface area contributed by atoms with Gasteiger partial charge in [0.15, 0.2) is 0 Å². The molecule has 1 N–H and O–H groups in total. The SMILES string of the molecule is O=C(c1ccc(Br)cc1Br)N1CCCCC1C1CCCN1. The van der Waals surface area contributed by atoms with Gasteiger partial charge < -0.3 is 10.2 Å². The van der Waals surface area contributed by atoms with Crippen LogP contribution in [0.5, 0.6) is 0 Å².